The summed E-state index contributed by atoms with van der Waals surface area (Å²) in [7, 11) is 1.67. The van der Waals surface area contributed by atoms with Crippen LogP contribution in [0.5, 0.6) is 0 Å². The number of carbonyl (C=O) groups is 1. The summed E-state index contributed by atoms with van der Waals surface area (Å²) in [4.78, 5) is 18.4. The molecule has 8 nitrogen and oxygen atoms in total. The molecule has 1 saturated heterocycles. The largest absolute Gasteiger partial charge is 0.358 e. The van der Waals surface area contributed by atoms with Crippen molar-refractivity contribution in [1.82, 2.24) is 30.6 Å². The zero-order chi connectivity index (χ0) is 22.1. The molecule has 3 rings (SSSR count). The Labute approximate surface area is 182 Å². The van der Waals surface area contributed by atoms with Crippen LogP contribution in [0.2, 0.25) is 0 Å². The van der Waals surface area contributed by atoms with Gasteiger partial charge < -0.3 is 16.0 Å². The summed E-state index contributed by atoms with van der Waals surface area (Å²) in [5, 5.41) is 14.1. The lowest BCUT2D eigenvalue weighted by atomic mass is 10.1. The van der Waals surface area contributed by atoms with Crippen molar-refractivity contribution in [2.45, 2.75) is 32.2 Å². The molecule has 0 aliphatic carbocycles. The molecule has 1 aliphatic rings. The van der Waals surface area contributed by atoms with Gasteiger partial charge in [-0.1, -0.05) is 0 Å². The number of nitrogens with zero attached hydrogens (tertiary/aromatic N) is 4. The lowest BCUT2D eigenvalue weighted by Crippen LogP contribution is -2.50. The zero-order valence-electron chi connectivity index (χ0n) is 18.3. The maximum atomic E-state index is 13.1. The number of aliphatic imine (C=N–C) groups is 1. The first-order chi connectivity index (χ1) is 15.1. The smallest absolute Gasteiger partial charge is 0.233 e. The van der Waals surface area contributed by atoms with E-state index in [1.54, 1.807) is 23.9 Å². The number of hydrogen-bond acceptors (Lipinski definition) is 4. The standard InChI is InChI=1S/C22H32FN7O/c1-3-25-22(27-18-9-13-29(14-10-18)16-21(31)24-2)26-12-8-19-11-15-30(28-19)20-6-4-17(23)5-7-20/h4-7,11,15,18H,3,8-10,12-14,16H2,1-2H3,(H,24,31)(H2,25,26,27). The molecule has 1 aromatic heterocycles. The number of aromatic nitrogens is 2. The molecular weight excluding hydrogens is 397 g/mol. The molecule has 0 atom stereocenters. The van der Waals surface area contributed by atoms with Crippen LogP contribution in [0.4, 0.5) is 4.39 Å². The number of rotatable bonds is 8. The van der Waals surface area contributed by atoms with Gasteiger partial charge in [0.2, 0.25) is 5.91 Å². The predicted octanol–water partition coefficient (Wildman–Crippen LogP) is 1.32. The third-order valence-electron chi connectivity index (χ3n) is 5.29. The highest BCUT2D eigenvalue weighted by molar-refractivity contribution is 5.80. The molecule has 2 aromatic rings. The van der Waals surface area contributed by atoms with Crippen LogP contribution >= 0.6 is 0 Å². The summed E-state index contributed by atoms with van der Waals surface area (Å²) >= 11 is 0. The molecule has 0 bridgehead atoms. The van der Waals surface area contributed by atoms with Crippen LogP contribution in [0.25, 0.3) is 5.69 Å². The number of hydrogen-bond donors (Lipinski definition) is 3. The minimum absolute atomic E-state index is 0.0585. The van der Waals surface area contributed by atoms with E-state index < -0.39 is 0 Å². The molecule has 1 aromatic carbocycles. The molecule has 9 heteroatoms. The molecule has 2 heterocycles. The van der Waals surface area contributed by atoms with E-state index in [2.05, 4.69) is 25.9 Å². The molecule has 1 amide bonds. The Kier molecular flexibility index (Phi) is 8.40. The van der Waals surface area contributed by atoms with Gasteiger partial charge >= 0.3 is 0 Å². The van der Waals surface area contributed by atoms with Crippen LogP contribution in [-0.4, -0.2) is 72.4 Å². The predicted molar refractivity (Wildman–Crippen MR) is 120 cm³/mol. The molecule has 1 aliphatic heterocycles. The van der Waals surface area contributed by atoms with Crippen LogP contribution in [0.15, 0.2) is 41.5 Å². The summed E-state index contributed by atoms with van der Waals surface area (Å²) in [5.74, 6) is 0.611. The second-order valence-corrected chi connectivity index (χ2v) is 7.61. The number of benzene rings is 1. The molecule has 0 saturated carbocycles. The van der Waals surface area contributed by atoms with E-state index in [0.29, 0.717) is 19.1 Å². The van der Waals surface area contributed by atoms with E-state index >= 15 is 0 Å². The van der Waals surface area contributed by atoms with E-state index in [0.717, 1.165) is 56.2 Å². The van der Waals surface area contributed by atoms with Crippen molar-refractivity contribution in [2.75, 3.05) is 39.8 Å². The van der Waals surface area contributed by atoms with E-state index in [1.807, 2.05) is 19.2 Å². The Morgan fingerprint density at radius 3 is 2.65 bits per heavy atom. The van der Waals surface area contributed by atoms with Crippen LogP contribution in [0, 0.1) is 5.82 Å². The van der Waals surface area contributed by atoms with Gasteiger partial charge in [0.15, 0.2) is 5.96 Å². The van der Waals surface area contributed by atoms with Crippen molar-refractivity contribution >= 4 is 11.9 Å². The monoisotopic (exact) mass is 429 g/mol. The molecule has 0 radical (unpaired) electrons. The minimum atomic E-state index is -0.258. The van der Waals surface area contributed by atoms with Crippen molar-refractivity contribution in [3.05, 3.63) is 48.0 Å². The van der Waals surface area contributed by atoms with Crippen LogP contribution < -0.4 is 16.0 Å². The lowest BCUT2D eigenvalue weighted by Gasteiger charge is -2.32. The summed E-state index contributed by atoms with van der Waals surface area (Å²) < 4.78 is 14.8. The normalized spacial score (nSPS) is 15.6. The zero-order valence-corrected chi connectivity index (χ0v) is 18.3. The van der Waals surface area contributed by atoms with E-state index in [-0.39, 0.29) is 11.7 Å². The van der Waals surface area contributed by atoms with Crippen molar-refractivity contribution in [2.24, 2.45) is 4.99 Å². The molecule has 1 fully saturated rings. The van der Waals surface area contributed by atoms with Gasteiger partial charge in [0.05, 0.1) is 17.9 Å². The minimum Gasteiger partial charge on any atom is -0.358 e. The van der Waals surface area contributed by atoms with Crippen molar-refractivity contribution < 1.29 is 9.18 Å². The lowest BCUT2D eigenvalue weighted by molar-refractivity contribution is -0.122. The second-order valence-electron chi connectivity index (χ2n) is 7.61. The van der Waals surface area contributed by atoms with Crippen LogP contribution in [-0.2, 0) is 11.2 Å². The quantitative estimate of drug-likeness (QED) is 0.435. The maximum Gasteiger partial charge on any atom is 0.233 e. The molecule has 31 heavy (non-hydrogen) atoms. The average molecular weight is 430 g/mol. The summed E-state index contributed by atoms with van der Waals surface area (Å²) in [6.07, 6.45) is 4.55. The highest BCUT2D eigenvalue weighted by atomic mass is 19.1. The van der Waals surface area contributed by atoms with Gasteiger partial charge in [-0.05, 0) is 50.1 Å². The number of carbonyl (C=O) groups excluding carboxylic acids is 1. The van der Waals surface area contributed by atoms with Gasteiger partial charge in [-0.2, -0.15) is 5.10 Å². The van der Waals surface area contributed by atoms with Crippen molar-refractivity contribution in [3.8, 4) is 5.69 Å². The fourth-order valence-corrected chi connectivity index (χ4v) is 3.55. The molecule has 168 valence electrons. The highest BCUT2D eigenvalue weighted by Crippen LogP contribution is 2.11. The van der Waals surface area contributed by atoms with Gasteiger partial charge in [-0.25, -0.2) is 9.07 Å². The molecule has 3 N–H and O–H groups in total. The molecule has 0 unspecified atom stereocenters. The fraction of sp³-hybridized carbons (Fsp3) is 0.500. The van der Waals surface area contributed by atoms with Gasteiger partial charge in [-0.15, -0.1) is 0 Å². The summed E-state index contributed by atoms with van der Waals surface area (Å²) in [6, 6.07) is 8.57. The number of guanidine groups is 1. The fourth-order valence-electron chi connectivity index (χ4n) is 3.55. The van der Waals surface area contributed by atoms with Crippen molar-refractivity contribution in [3.63, 3.8) is 0 Å². The SMILES string of the molecule is CCNC(=NCCc1ccn(-c2ccc(F)cc2)n1)NC1CCN(CC(=O)NC)CC1. The Morgan fingerprint density at radius 2 is 1.97 bits per heavy atom. The first-order valence-corrected chi connectivity index (χ1v) is 10.9. The van der Waals surface area contributed by atoms with Gasteiger partial charge in [0.25, 0.3) is 0 Å². The number of amides is 1. The van der Waals surface area contributed by atoms with E-state index in [4.69, 9.17) is 4.99 Å². The maximum absolute atomic E-state index is 13.1. The van der Waals surface area contributed by atoms with E-state index in [9.17, 15) is 9.18 Å². The number of likely N-dealkylation sites (tertiary alicyclic amines) is 1. The highest BCUT2D eigenvalue weighted by Gasteiger charge is 2.21. The average Bonchev–Trinajstić information content (AvgIpc) is 3.24. The topological polar surface area (TPSA) is 86.6 Å². The van der Waals surface area contributed by atoms with Crippen LogP contribution in [0.3, 0.4) is 0 Å². The van der Waals surface area contributed by atoms with Gasteiger partial charge in [0.1, 0.15) is 5.82 Å². The number of nitrogens with one attached hydrogen (secondary N) is 3. The third-order valence-corrected chi connectivity index (χ3v) is 5.29. The van der Waals surface area contributed by atoms with E-state index in [1.165, 1.54) is 12.1 Å². The van der Waals surface area contributed by atoms with Gasteiger partial charge in [0, 0.05) is 51.9 Å². The number of piperidine rings is 1. The number of halogens is 1. The van der Waals surface area contributed by atoms with Crippen LogP contribution in [0.1, 0.15) is 25.5 Å². The first kappa shape index (κ1) is 22.7. The Bertz CT molecular complexity index is 857. The molecular formula is C22H32FN7O. The first-order valence-electron chi connectivity index (χ1n) is 10.9. The number of likely N-dealkylation sites (N-methyl/N-ethyl adjacent to an activating group) is 1. The summed E-state index contributed by atoms with van der Waals surface area (Å²) in [5.41, 5.74) is 1.76. The summed E-state index contributed by atoms with van der Waals surface area (Å²) in [6.45, 7) is 5.71. The second kappa shape index (κ2) is 11.5. The Hall–Kier alpha value is -2.94. The Balaban J connectivity index is 1.48. The van der Waals surface area contributed by atoms with Gasteiger partial charge in [-0.3, -0.25) is 14.7 Å². The third kappa shape index (κ3) is 7.06. The molecule has 0 spiro atoms. The van der Waals surface area contributed by atoms with Crippen molar-refractivity contribution in [1.29, 1.82) is 0 Å². The Morgan fingerprint density at radius 1 is 1.23 bits per heavy atom.